The molecule has 108 valence electrons. The maximum atomic E-state index is 12.4. The van der Waals surface area contributed by atoms with Gasteiger partial charge >= 0.3 is 6.18 Å². The van der Waals surface area contributed by atoms with Crippen molar-refractivity contribution in [2.75, 3.05) is 6.54 Å². The third-order valence-electron chi connectivity index (χ3n) is 3.11. The molecular formula is C11H12F3N5O. The van der Waals surface area contributed by atoms with E-state index < -0.39 is 12.0 Å². The Balaban J connectivity index is 1.69. The van der Waals surface area contributed by atoms with E-state index in [1.807, 2.05) is 11.8 Å². The third kappa shape index (κ3) is 2.53. The highest BCUT2D eigenvalue weighted by atomic mass is 19.4. The number of alkyl halides is 3. The first-order valence-corrected chi connectivity index (χ1v) is 6.08. The van der Waals surface area contributed by atoms with Crippen molar-refractivity contribution in [2.24, 2.45) is 0 Å². The number of halogens is 3. The fraction of sp³-hybridized carbons (Fsp3) is 0.545. The van der Waals surface area contributed by atoms with Crippen LogP contribution in [0.1, 0.15) is 28.9 Å². The van der Waals surface area contributed by atoms with E-state index in [2.05, 4.69) is 24.6 Å². The fourth-order valence-electron chi connectivity index (χ4n) is 2.25. The highest BCUT2D eigenvalue weighted by Gasteiger charge is 2.37. The second-order valence-electron chi connectivity index (χ2n) is 4.72. The van der Waals surface area contributed by atoms with Crippen molar-refractivity contribution < 1.29 is 17.7 Å². The average Bonchev–Trinajstić information content (AvgIpc) is 2.93. The summed E-state index contributed by atoms with van der Waals surface area (Å²) in [4.78, 5) is 12.8. The van der Waals surface area contributed by atoms with Crippen LogP contribution < -0.4 is 0 Å². The molecule has 0 aromatic carbocycles. The number of aryl methyl sites for hydroxylation is 1. The molecule has 1 aliphatic heterocycles. The highest BCUT2D eigenvalue weighted by Crippen LogP contribution is 2.26. The van der Waals surface area contributed by atoms with Crippen LogP contribution >= 0.6 is 0 Å². The molecule has 3 rings (SSSR count). The Kier molecular flexibility index (Phi) is 3.00. The summed E-state index contributed by atoms with van der Waals surface area (Å²) in [5, 5.41) is 2.94. The van der Waals surface area contributed by atoms with Crippen LogP contribution in [0, 0.1) is 6.92 Å². The number of hydrogen-bond acceptors (Lipinski definition) is 5. The van der Waals surface area contributed by atoms with Gasteiger partial charge in [-0.1, -0.05) is 5.16 Å². The van der Waals surface area contributed by atoms with Gasteiger partial charge in [-0.3, -0.25) is 4.90 Å². The number of rotatable bonds is 2. The summed E-state index contributed by atoms with van der Waals surface area (Å²) in [5.41, 5.74) is 2.00. The number of nitrogens with one attached hydrogen (secondary N) is 1. The standard InChI is InChI=1S/C11H12F3N5O/c1-6-15-7-2-3-19(4-8(7)16-6)5-9-17-10(18-20-9)11(12,13)14/h2-5H2,1H3,(H,15,16). The second kappa shape index (κ2) is 4.58. The SMILES string of the molecule is Cc1nc2c([nH]1)CN(Cc1nc(C(F)(F)F)no1)CC2. The third-order valence-corrected chi connectivity index (χ3v) is 3.11. The van der Waals surface area contributed by atoms with Crippen LogP contribution in [0.15, 0.2) is 4.52 Å². The van der Waals surface area contributed by atoms with Crippen molar-refractivity contribution in [3.63, 3.8) is 0 Å². The molecule has 0 saturated heterocycles. The molecule has 0 aliphatic carbocycles. The Bertz CT molecular complexity index is 618. The lowest BCUT2D eigenvalue weighted by Gasteiger charge is -2.24. The maximum absolute atomic E-state index is 12.4. The van der Waals surface area contributed by atoms with Crippen molar-refractivity contribution in [1.29, 1.82) is 0 Å². The highest BCUT2D eigenvalue weighted by molar-refractivity contribution is 5.17. The second-order valence-corrected chi connectivity index (χ2v) is 4.72. The van der Waals surface area contributed by atoms with E-state index >= 15 is 0 Å². The Morgan fingerprint density at radius 3 is 2.85 bits per heavy atom. The van der Waals surface area contributed by atoms with Crippen LogP contribution in [0.25, 0.3) is 0 Å². The summed E-state index contributed by atoms with van der Waals surface area (Å²) in [7, 11) is 0. The number of hydrogen-bond donors (Lipinski definition) is 1. The lowest BCUT2D eigenvalue weighted by atomic mass is 10.1. The van der Waals surface area contributed by atoms with Crippen LogP contribution in [0.4, 0.5) is 13.2 Å². The molecule has 0 unspecified atom stereocenters. The lowest BCUT2D eigenvalue weighted by Crippen LogP contribution is -2.30. The lowest BCUT2D eigenvalue weighted by molar-refractivity contribution is -0.146. The number of H-pyrrole nitrogens is 1. The van der Waals surface area contributed by atoms with Gasteiger partial charge in [-0.15, -0.1) is 0 Å². The molecular weight excluding hydrogens is 275 g/mol. The van der Waals surface area contributed by atoms with Gasteiger partial charge in [0.25, 0.3) is 5.82 Å². The molecule has 0 atom stereocenters. The van der Waals surface area contributed by atoms with Crippen molar-refractivity contribution in [3.05, 3.63) is 28.9 Å². The topological polar surface area (TPSA) is 70.8 Å². The van der Waals surface area contributed by atoms with Gasteiger partial charge in [0.1, 0.15) is 5.82 Å². The minimum absolute atomic E-state index is 0.0305. The fourth-order valence-corrected chi connectivity index (χ4v) is 2.25. The summed E-state index contributed by atoms with van der Waals surface area (Å²) >= 11 is 0. The molecule has 1 N–H and O–H groups in total. The Morgan fingerprint density at radius 1 is 1.35 bits per heavy atom. The quantitative estimate of drug-likeness (QED) is 0.910. The molecule has 0 saturated carbocycles. The minimum Gasteiger partial charge on any atom is -0.345 e. The smallest absolute Gasteiger partial charge is 0.345 e. The molecule has 20 heavy (non-hydrogen) atoms. The molecule has 0 amide bonds. The first-order valence-electron chi connectivity index (χ1n) is 6.08. The summed E-state index contributed by atoms with van der Waals surface area (Å²) in [6, 6.07) is 0. The largest absolute Gasteiger partial charge is 0.455 e. The van der Waals surface area contributed by atoms with E-state index in [0.717, 1.165) is 23.6 Å². The molecule has 0 fully saturated rings. The number of fused-ring (bicyclic) bond motifs is 1. The molecule has 0 spiro atoms. The normalized spacial score (nSPS) is 16.4. The van der Waals surface area contributed by atoms with Gasteiger partial charge in [0.2, 0.25) is 5.89 Å². The molecule has 0 radical (unpaired) electrons. The van der Waals surface area contributed by atoms with Crippen LogP contribution in [-0.4, -0.2) is 31.6 Å². The van der Waals surface area contributed by atoms with E-state index in [4.69, 9.17) is 0 Å². The first kappa shape index (κ1) is 13.1. The predicted molar refractivity (Wildman–Crippen MR) is 60.4 cm³/mol. The number of imidazole rings is 1. The zero-order valence-electron chi connectivity index (χ0n) is 10.7. The maximum Gasteiger partial charge on any atom is 0.455 e. The summed E-state index contributed by atoms with van der Waals surface area (Å²) in [5.74, 6) is -0.423. The zero-order chi connectivity index (χ0) is 14.3. The Morgan fingerprint density at radius 2 is 2.15 bits per heavy atom. The Labute approximate surface area is 112 Å². The van der Waals surface area contributed by atoms with Crippen molar-refractivity contribution in [2.45, 2.75) is 32.6 Å². The minimum atomic E-state index is -4.57. The van der Waals surface area contributed by atoms with Crippen LogP contribution in [0.5, 0.6) is 0 Å². The molecule has 0 bridgehead atoms. The van der Waals surface area contributed by atoms with E-state index in [1.165, 1.54) is 0 Å². The molecule has 6 nitrogen and oxygen atoms in total. The van der Waals surface area contributed by atoms with Crippen molar-refractivity contribution in [1.82, 2.24) is 25.0 Å². The summed E-state index contributed by atoms with van der Waals surface area (Å²) in [6.07, 6.45) is -3.82. The average molecular weight is 287 g/mol. The van der Waals surface area contributed by atoms with Gasteiger partial charge in [0.05, 0.1) is 17.9 Å². The van der Waals surface area contributed by atoms with Crippen LogP contribution in [0.2, 0.25) is 0 Å². The van der Waals surface area contributed by atoms with E-state index in [0.29, 0.717) is 13.1 Å². The predicted octanol–water partition coefficient (Wildman–Crippen LogP) is 1.68. The van der Waals surface area contributed by atoms with Crippen LogP contribution in [-0.2, 0) is 25.7 Å². The molecule has 9 heteroatoms. The van der Waals surface area contributed by atoms with Gasteiger partial charge < -0.3 is 9.51 Å². The summed E-state index contributed by atoms with van der Waals surface area (Å²) < 4.78 is 41.7. The van der Waals surface area contributed by atoms with Gasteiger partial charge in [-0.2, -0.15) is 18.2 Å². The number of aromatic amines is 1. The number of aromatic nitrogens is 4. The van der Waals surface area contributed by atoms with E-state index in [-0.39, 0.29) is 12.4 Å². The van der Waals surface area contributed by atoms with E-state index in [1.54, 1.807) is 0 Å². The zero-order valence-corrected chi connectivity index (χ0v) is 10.7. The van der Waals surface area contributed by atoms with Gasteiger partial charge in [-0.05, 0) is 6.92 Å². The monoisotopic (exact) mass is 287 g/mol. The first-order chi connectivity index (χ1) is 9.41. The summed E-state index contributed by atoms with van der Waals surface area (Å²) in [6.45, 7) is 3.35. The van der Waals surface area contributed by atoms with Crippen LogP contribution in [0.3, 0.4) is 0 Å². The number of nitrogens with zero attached hydrogens (tertiary/aromatic N) is 4. The van der Waals surface area contributed by atoms with Gasteiger partial charge in [0.15, 0.2) is 0 Å². The van der Waals surface area contributed by atoms with E-state index in [9.17, 15) is 13.2 Å². The molecule has 2 aromatic heterocycles. The Hall–Kier alpha value is -1.90. The van der Waals surface area contributed by atoms with Gasteiger partial charge in [-0.25, -0.2) is 4.98 Å². The molecule has 2 aromatic rings. The van der Waals surface area contributed by atoms with Crippen molar-refractivity contribution in [3.8, 4) is 0 Å². The van der Waals surface area contributed by atoms with Crippen molar-refractivity contribution >= 4 is 0 Å². The molecule has 1 aliphatic rings. The van der Waals surface area contributed by atoms with Gasteiger partial charge in [0, 0.05) is 19.5 Å². The molecule has 3 heterocycles.